The molecule has 0 radical (unpaired) electrons. The zero-order valence-electron chi connectivity index (χ0n) is 11.1. The molecule has 0 bridgehead atoms. The van der Waals surface area contributed by atoms with Gasteiger partial charge >= 0.3 is 0 Å². The van der Waals surface area contributed by atoms with Crippen molar-refractivity contribution in [2.75, 3.05) is 5.73 Å². The van der Waals surface area contributed by atoms with Gasteiger partial charge in [0.15, 0.2) is 0 Å². The fourth-order valence-corrected chi connectivity index (χ4v) is 2.59. The fourth-order valence-electron chi connectivity index (χ4n) is 2.59. The fraction of sp³-hybridized carbons (Fsp3) is 0.600. The lowest BCUT2D eigenvalue weighted by Gasteiger charge is -2.32. The number of hydrogen-bond acceptors (Lipinski definition) is 2. The van der Waals surface area contributed by atoms with E-state index in [1.54, 1.807) is 0 Å². The Morgan fingerprint density at radius 1 is 1.18 bits per heavy atom. The Morgan fingerprint density at radius 3 is 2.59 bits per heavy atom. The first-order chi connectivity index (χ1) is 8.06. The van der Waals surface area contributed by atoms with Gasteiger partial charge in [0.1, 0.15) is 5.75 Å². The van der Waals surface area contributed by atoms with Gasteiger partial charge in [0.25, 0.3) is 0 Å². The molecular formula is C15H23NO. The predicted octanol–water partition coefficient (Wildman–Crippen LogP) is 3.78. The Kier molecular flexibility index (Phi) is 3.60. The van der Waals surface area contributed by atoms with Gasteiger partial charge in [-0.1, -0.05) is 13.8 Å². The standard InChI is InChI=1S/C15H23NO/c1-10-4-6-14(9-11(10)2)17-15-7-5-13(16)8-12(15)3/h5,7-8,10-11,14H,4,6,9,16H2,1-3H3. The van der Waals surface area contributed by atoms with Gasteiger partial charge in [0, 0.05) is 5.69 Å². The minimum Gasteiger partial charge on any atom is -0.490 e. The minimum atomic E-state index is 0.378. The van der Waals surface area contributed by atoms with Crippen LogP contribution in [0.15, 0.2) is 18.2 Å². The summed E-state index contributed by atoms with van der Waals surface area (Å²) in [5.41, 5.74) is 7.69. The number of hydrogen-bond donors (Lipinski definition) is 1. The van der Waals surface area contributed by atoms with E-state index >= 15 is 0 Å². The van der Waals surface area contributed by atoms with Gasteiger partial charge in [-0.15, -0.1) is 0 Å². The van der Waals surface area contributed by atoms with Crippen LogP contribution in [0.1, 0.15) is 38.7 Å². The van der Waals surface area contributed by atoms with Gasteiger partial charge in [0.05, 0.1) is 6.10 Å². The molecule has 94 valence electrons. The summed E-state index contributed by atoms with van der Waals surface area (Å²) in [5.74, 6) is 2.59. The molecule has 2 heteroatoms. The van der Waals surface area contributed by atoms with E-state index in [1.165, 1.54) is 19.3 Å². The van der Waals surface area contributed by atoms with E-state index in [4.69, 9.17) is 10.5 Å². The van der Waals surface area contributed by atoms with Crippen LogP contribution in [-0.2, 0) is 0 Å². The first kappa shape index (κ1) is 12.3. The number of rotatable bonds is 2. The smallest absolute Gasteiger partial charge is 0.122 e. The number of nitrogen functional groups attached to an aromatic ring is 1. The minimum absolute atomic E-state index is 0.378. The van der Waals surface area contributed by atoms with E-state index in [2.05, 4.69) is 20.8 Å². The second-order valence-electron chi connectivity index (χ2n) is 5.53. The quantitative estimate of drug-likeness (QED) is 0.789. The highest BCUT2D eigenvalue weighted by Gasteiger charge is 2.25. The molecule has 0 spiro atoms. The molecule has 1 saturated carbocycles. The largest absolute Gasteiger partial charge is 0.490 e. The summed E-state index contributed by atoms with van der Waals surface area (Å²) in [4.78, 5) is 0. The topological polar surface area (TPSA) is 35.2 Å². The summed E-state index contributed by atoms with van der Waals surface area (Å²) in [5, 5.41) is 0. The number of anilines is 1. The maximum Gasteiger partial charge on any atom is 0.122 e. The van der Waals surface area contributed by atoms with E-state index in [-0.39, 0.29) is 0 Å². The molecule has 1 aromatic carbocycles. The Balaban J connectivity index is 2.01. The van der Waals surface area contributed by atoms with E-state index in [0.29, 0.717) is 6.10 Å². The van der Waals surface area contributed by atoms with E-state index in [1.807, 2.05) is 18.2 Å². The van der Waals surface area contributed by atoms with Crippen molar-refractivity contribution < 1.29 is 4.74 Å². The van der Waals surface area contributed by atoms with Crippen molar-refractivity contribution in [3.63, 3.8) is 0 Å². The van der Waals surface area contributed by atoms with Crippen molar-refractivity contribution in [1.29, 1.82) is 0 Å². The molecule has 1 aliphatic rings. The summed E-state index contributed by atoms with van der Waals surface area (Å²) >= 11 is 0. The van der Waals surface area contributed by atoms with Gasteiger partial charge in [-0.25, -0.2) is 0 Å². The van der Waals surface area contributed by atoms with E-state index < -0.39 is 0 Å². The number of aryl methyl sites for hydroxylation is 1. The summed E-state index contributed by atoms with van der Waals surface area (Å²) < 4.78 is 6.10. The van der Waals surface area contributed by atoms with Gasteiger partial charge in [0.2, 0.25) is 0 Å². The van der Waals surface area contributed by atoms with Crippen LogP contribution < -0.4 is 10.5 Å². The van der Waals surface area contributed by atoms with Gasteiger partial charge in [-0.05, 0) is 61.8 Å². The van der Waals surface area contributed by atoms with Crippen molar-refractivity contribution in [2.45, 2.75) is 46.1 Å². The van der Waals surface area contributed by atoms with Crippen molar-refractivity contribution >= 4 is 5.69 Å². The maximum atomic E-state index is 6.10. The molecule has 0 aromatic heterocycles. The van der Waals surface area contributed by atoms with Crippen LogP contribution in [0.25, 0.3) is 0 Å². The zero-order chi connectivity index (χ0) is 12.4. The lowest BCUT2D eigenvalue weighted by molar-refractivity contribution is 0.1000. The monoisotopic (exact) mass is 233 g/mol. The second kappa shape index (κ2) is 4.99. The first-order valence-corrected chi connectivity index (χ1v) is 6.59. The van der Waals surface area contributed by atoms with Crippen molar-refractivity contribution in [2.24, 2.45) is 11.8 Å². The highest BCUT2D eigenvalue weighted by molar-refractivity contribution is 5.47. The highest BCUT2D eigenvalue weighted by atomic mass is 16.5. The molecule has 2 nitrogen and oxygen atoms in total. The van der Waals surface area contributed by atoms with Crippen molar-refractivity contribution in [3.05, 3.63) is 23.8 Å². The van der Waals surface area contributed by atoms with Gasteiger partial charge in [-0.3, -0.25) is 0 Å². The third-order valence-electron chi connectivity index (χ3n) is 4.04. The van der Waals surface area contributed by atoms with Crippen LogP contribution in [0.4, 0.5) is 5.69 Å². The average molecular weight is 233 g/mol. The molecule has 1 aromatic rings. The van der Waals surface area contributed by atoms with E-state index in [0.717, 1.165) is 28.8 Å². The lowest BCUT2D eigenvalue weighted by atomic mass is 9.80. The zero-order valence-corrected chi connectivity index (χ0v) is 11.1. The lowest BCUT2D eigenvalue weighted by Crippen LogP contribution is -2.28. The Bertz CT molecular complexity index is 389. The van der Waals surface area contributed by atoms with Crippen LogP contribution in [0.5, 0.6) is 5.75 Å². The molecule has 2 N–H and O–H groups in total. The normalized spacial score (nSPS) is 29.0. The van der Waals surface area contributed by atoms with Gasteiger partial charge < -0.3 is 10.5 Å². The molecule has 0 amide bonds. The van der Waals surface area contributed by atoms with E-state index in [9.17, 15) is 0 Å². The van der Waals surface area contributed by atoms with Crippen LogP contribution in [0.3, 0.4) is 0 Å². The molecule has 0 saturated heterocycles. The van der Waals surface area contributed by atoms with Crippen LogP contribution in [-0.4, -0.2) is 6.10 Å². The molecule has 3 atom stereocenters. The number of nitrogens with two attached hydrogens (primary N) is 1. The molecular weight excluding hydrogens is 210 g/mol. The first-order valence-electron chi connectivity index (χ1n) is 6.59. The summed E-state index contributed by atoms with van der Waals surface area (Å²) in [7, 11) is 0. The number of benzene rings is 1. The molecule has 17 heavy (non-hydrogen) atoms. The summed E-state index contributed by atoms with van der Waals surface area (Å²) in [6.45, 7) is 6.73. The van der Waals surface area contributed by atoms with Crippen LogP contribution in [0, 0.1) is 18.8 Å². The Morgan fingerprint density at radius 2 is 1.94 bits per heavy atom. The molecule has 2 rings (SSSR count). The molecule has 1 fully saturated rings. The Labute approximate surface area is 104 Å². The van der Waals surface area contributed by atoms with Crippen molar-refractivity contribution in [1.82, 2.24) is 0 Å². The third kappa shape index (κ3) is 2.93. The van der Waals surface area contributed by atoms with Crippen LogP contribution >= 0.6 is 0 Å². The summed E-state index contributed by atoms with van der Waals surface area (Å²) in [6, 6.07) is 5.88. The average Bonchev–Trinajstić information content (AvgIpc) is 2.27. The molecule has 0 heterocycles. The van der Waals surface area contributed by atoms with Crippen molar-refractivity contribution in [3.8, 4) is 5.75 Å². The highest BCUT2D eigenvalue weighted by Crippen LogP contribution is 2.32. The second-order valence-corrected chi connectivity index (χ2v) is 5.53. The molecule has 0 aliphatic heterocycles. The number of ether oxygens (including phenoxy) is 1. The van der Waals surface area contributed by atoms with Gasteiger partial charge in [-0.2, -0.15) is 0 Å². The van der Waals surface area contributed by atoms with Crippen LogP contribution in [0.2, 0.25) is 0 Å². The predicted molar refractivity (Wildman–Crippen MR) is 72.2 cm³/mol. The third-order valence-corrected chi connectivity index (χ3v) is 4.04. The molecule has 3 unspecified atom stereocenters. The Hall–Kier alpha value is -1.18. The molecule has 1 aliphatic carbocycles. The maximum absolute atomic E-state index is 6.10. The summed E-state index contributed by atoms with van der Waals surface area (Å²) in [6.07, 6.45) is 4.00. The SMILES string of the molecule is Cc1cc(N)ccc1OC1CCC(C)C(C)C1.